The summed E-state index contributed by atoms with van der Waals surface area (Å²) in [7, 11) is 1.36. The van der Waals surface area contributed by atoms with Gasteiger partial charge in [-0.1, -0.05) is 12.1 Å². The molecule has 21 heavy (non-hydrogen) atoms. The molecule has 2 rings (SSSR count). The van der Waals surface area contributed by atoms with Crippen molar-refractivity contribution in [2.45, 2.75) is 19.3 Å². The number of ether oxygens (including phenoxy) is 1. The highest BCUT2D eigenvalue weighted by Crippen LogP contribution is 2.33. The number of esters is 1. The second kappa shape index (κ2) is 6.97. The molecule has 1 aromatic carbocycles. The van der Waals surface area contributed by atoms with E-state index in [1.54, 1.807) is 0 Å². The minimum absolute atomic E-state index is 0.0593. The minimum Gasteiger partial charge on any atom is -0.469 e. The highest BCUT2D eigenvalue weighted by Gasteiger charge is 2.22. The van der Waals surface area contributed by atoms with E-state index < -0.39 is 0 Å². The van der Waals surface area contributed by atoms with Gasteiger partial charge in [0.2, 0.25) is 5.91 Å². The number of carbonyl (C=O) groups is 2. The van der Waals surface area contributed by atoms with Gasteiger partial charge in [-0.15, -0.1) is 0 Å². The van der Waals surface area contributed by atoms with E-state index in [1.807, 2.05) is 23.1 Å². The van der Waals surface area contributed by atoms with Crippen LogP contribution in [0.1, 0.15) is 18.4 Å². The molecule has 0 aromatic heterocycles. The molecule has 1 aliphatic rings. The molecule has 3 N–H and O–H groups in total. The number of carbonyl (C=O) groups excluding carboxylic acids is 2. The second-order valence-corrected chi connectivity index (χ2v) is 5.06. The first-order valence-corrected chi connectivity index (χ1v) is 7.07. The topological polar surface area (TPSA) is 84.7 Å². The zero-order valence-electron chi connectivity index (χ0n) is 12.2. The molecule has 6 heteroatoms. The van der Waals surface area contributed by atoms with Crippen LogP contribution >= 0.6 is 0 Å². The molecule has 1 heterocycles. The van der Waals surface area contributed by atoms with Crippen molar-refractivity contribution in [3.8, 4) is 0 Å². The molecule has 0 spiro atoms. The predicted molar refractivity (Wildman–Crippen MR) is 81.0 cm³/mol. The first kappa shape index (κ1) is 15.2. The minimum atomic E-state index is -0.259. The van der Waals surface area contributed by atoms with E-state index in [2.05, 4.69) is 10.1 Å². The van der Waals surface area contributed by atoms with Gasteiger partial charge in [-0.25, -0.2) is 0 Å². The standard InChI is InChI=1S/C15H21N3O3/c1-21-14(20)6-3-8-17-13(19)10-18-9-7-11-4-2-5-12(16)15(11)18/h2,4-5H,3,6-10,16H2,1H3,(H,17,19). The van der Waals surface area contributed by atoms with Gasteiger partial charge in [0.1, 0.15) is 0 Å². The Labute approximate surface area is 124 Å². The third-order valence-electron chi connectivity index (χ3n) is 3.56. The summed E-state index contributed by atoms with van der Waals surface area (Å²) in [5.74, 6) is -0.318. The highest BCUT2D eigenvalue weighted by atomic mass is 16.5. The van der Waals surface area contributed by atoms with Crippen LogP contribution in [-0.4, -0.2) is 38.6 Å². The Balaban J connectivity index is 1.79. The van der Waals surface area contributed by atoms with E-state index in [-0.39, 0.29) is 11.9 Å². The van der Waals surface area contributed by atoms with Crippen molar-refractivity contribution in [3.05, 3.63) is 23.8 Å². The lowest BCUT2D eigenvalue weighted by atomic mass is 10.1. The quantitative estimate of drug-likeness (QED) is 0.458. The van der Waals surface area contributed by atoms with Gasteiger partial charge >= 0.3 is 5.97 Å². The summed E-state index contributed by atoms with van der Waals surface area (Å²) in [4.78, 5) is 24.9. The van der Waals surface area contributed by atoms with E-state index in [0.717, 1.165) is 18.7 Å². The molecule has 0 fully saturated rings. The van der Waals surface area contributed by atoms with E-state index in [9.17, 15) is 9.59 Å². The maximum Gasteiger partial charge on any atom is 0.305 e. The molecule has 1 aromatic rings. The fourth-order valence-electron chi connectivity index (χ4n) is 2.52. The SMILES string of the molecule is COC(=O)CCCNC(=O)CN1CCc2cccc(N)c21. The normalized spacial score (nSPS) is 12.9. The number of anilines is 2. The molecular formula is C15H21N3O3. The first-order valence-electron chi connectivity index (χ1n) is 7.07. The fourth-order valence-corrected chi connectivity index (χ4v) is 2.52. The Morgan fingerprint density at radius 2 is 2.24 bits per heavy atom. The molecule has 0 aliphatic carbocycles. The summed E-state index contributed by atoms with van der Waals surface area (Å²) in [5.41, 5.74) is 8.86. The largest absolute Gasteiger partial charge is 0.469 e. The molecule has 1 amide bonds. The third-order valence-corrected chi connectivity index (χ3v) is 3.56. The number of nitrogen functional groups attached to an aromatic ring is 1. The van der Waals surface area contributed by atoms with Crippen molar-refractivity contribution in [1.29, 1.82) is 0 Å². The second-order valence-electron chi connectivity index (χ2n) is 5.06. The summed E-state index contributed by atoms with van der Waals surface area (Å²) in [6.45, 7) is 1.57. The molecule has 0 radical (unpaired) electrons. The lowest BCUT2D eigenvalue weighted by Gasteiger charge is -2.20. The zero-order valence-corrected chi connectivity index (χ0v) is 12.2. The molecule has 1 aliphatic heterocycles. The average molecular weight is 291 g/mol. The summed E-state index contributed by atoms with van der Waals surface area (Å²) in [5, 5.41) is 2.81. The van der Waals surface area contributed by atoms with Crippen LogP contribution in [0.2, 0.25) is 0 Å². The van der Waals surface area contributed by atoms with Crippen molar-refractivity contribution < 1.29 is 14.3 Å². The average Bonchev–Trinajstić information content (AvgIpc) is 2.87. The number of nitrogens with two attached hydrogens (primary N) is 1. The zero-order chi connectivity index (χ0) is 15.2. The van der Waals surface area contributed by atoms with Gasteiger partial charge in [-0.2, -0.15) is 0 Å². The lowest BCUT2D eigenvalue weighted by Crippen LogP contribution is -2.37. The van der Waals surface area contributed by atoms with Crippen LogP contribution in [0, 0.1) is 0 Å². The number of hydrogen-bond acceptors (Lipinski definition) is 5. The third kappa shape index (κ3) is 3.87. The number of fused-ring (bicyclic) bond motifs is 1. The highest BCUT2D eigenvalue weighted by molar-refractivity contribution is 5.85. The molecular weight excluding hydrogens is 270 g/mol. The molecule has 0 atom stereocenters. The number of hydrogen-bond donors (Lipinski definition) is 2. The maximum absolute atomic E-state index is 11.9. The van der Waals surface area contributed by atoms with E-state index >= 15 is 0 Å². The molecule has 0 saturated carbocycles. The Bertz CT molecular complexity index is 531. The van der Waals surface area contributed by atoms with Gasteiger partial charge in [0, 0.05) is 19.5 Å². The van der Waals surface area contributed by atoms with Crippen molar-refractivity contribution >= 4 is 23.3 Å². The van der Waals surface area contributed by atoms with Crippen LogP contribution in [0.3, 0.4) is 0 Å². The monoisotopic (exact) mass is 291 g/mol. The summed E-state index contributed by atoms with van der Waals surface area (Å²) in [6, 6.07) is 5.83. The van der Waals surface area contributed by atoms with E-state index in [1.165, 1.54) is 12.7 Å². The summed E-state index contributed by atoms with van der Waals surface area (Å²) in [6.07, 6.45) is 1.81. The van der Waals surface area contributed by atoms with Crippen LogP contribution in [0.25, 0.3) is 0 Å². The van der Waals surface area contributed by atoms with Crippen molar-refractivity contribution in [2.75, 3.05) is 37.4 Å². The summed E-state index contributed by atoms with van der Waals surface area (Å²) >= 11 is 0. The fraction of sp³-hybridized carbons (Fsp3) is 0.467. The Hall–Kier alpha value is -2.24. The van der Waals surface area contributed by atoms with Crippen LogP contribution in [-0.2, 0) is 20.7 Å². The van der Waals surface area contributed by atoms with Crippen LogP contribution in [0.5, 0.6) is 0 Å². The van der Waals surface area contributed by atoms with Gasteiger partial charge in [0.15, 0.2) is 0 Å². The molecule has 0 bridgehead atoms. The Kier molecular flexibility index (Phi) is 5.03. The molecule has 0 saturated heterocycles. The van der Waals surface area contributed by atoms with Crippen molar-refractivity contribution in [3.63, 3.8) is 0 Å². The van der Waals surface area contributed by atoms with Gasteiger partial charge in [0.05, 0.1) is 25.0 Å². The Morgan fingerprint density at radius 1 is 1.43 bits per heavy atom. The number of nitrogens with one attached hydrogen (secondary N) is 1. The lowest BCUT2D eigenvalue weighted by molar-refractivity contribution is -0.140. The van der Waals surface area contributed by atoms with Gasteiger partial charge in [-0.05, 0) is 24.5 Å². The van der Waals surface area contributed by atoms with Crippen LogP contribution < -0.4 is 16.0 Å². The van der Waals surface area contributed by atoms with Crippen LogP contribution in [0.4, 0.5) is 11.4 Å². The van der Waals surface area contributed by atoms with Crippen LogP contribution in [0.15, 0.2) is 18.2 Å². The van der Waals surface area contributed by atoms with Gasteiger partial charge in [0.25, 0.3) is 0 Å². The Morgan fingerprint density at radius 3 is 3.00 bits per heavy atom. The molecule has 0 unspecified atom stereocenters. The number of benzene rings is 1. The van der Waals surface area contributed by atoms with Gasteiger partial charge in [-0.3, -0.25) is 9.59 Å². The smallest absolute Gasteiger partial charge is 0.305 e. The molecule has 6 nitrogen and oxygen atoms in total. The predicted octanol–water partition coefficient (Wildman–Crippen LogP) is 0.701. The number of para-hydroxylation sites is 1. The number of nitrogens with zero attached hydrogens (tertiary/aromatic N) is 1. The number of rotatable bonds is 6. The summed E-state index contributed by atoms with van der Waals surface area (Å²) < 4.78 is 4.54. The first-order chi connectivity index (χ1) is 10.1. The molecule has 114 valence electrons. The van der Waals surface area contributed by atoms with E-state index in [0.29, 0.717) is 31.6 Å². The maximum atomic E-state index is 11.9. The van der Waals surface area contributed by atoms with Crippen molar-refractivity contribution in [1.82, 2.24) is 5.32 Å². The van der Waals surface area contributed by atoms with Gasteiger partial charge < -0.3 is 20.7 Å². The van der Waals surface area contributed by atoms with Crippen molar-refractivity contribution in [2.24, 2.45) is 0 Å². The number of amides is 1. The van der Waals surface area contributed by atoms with E-state index in [4.69, 9.17) is 5.73 Å². The number of methoxy groups -OCH3 is 1.